The van der Waals surface area contributed by atoms with E-state index >= 15 is 0 Å². The molecular weight excluding hydrogens is 487 g/mol. The van der Waals surface area contributed by atoms with Crippen LogP contribution in [0.1, 0.15) is 38.8 Å². The molecule has 0 N–H and O–H groups in total. The zero-order valence-electron chi connectivity index (χ0n) is 17.9. The van der Waals surface area contributed by atoms with Crippen LogP contribution in [0.4, 0.5) is 13.2 Å². The molecule has 0 saturated heterocycles. The van der Waals surface area contributed by atoms with E-state index in [1.807, 2.05) is 29.6 Å². The third-order valence-corrected chi connectivity index (χ3v) is 6.68. The van der Waals surface area contributed by atoms with Crippen molar-refractivity contribution in [2.45, 2.75) is 18.6 Å². The lowest BCUT2D eigenvalue weighted by atomic mass is 10.0. The van der Waals surface area contributed by atoms with Gasteiger partial charge in [-0.15, -0.1) is 11.3 Å². The number of carbonyl (C=O) groups excluding carboxylic acids is 2. The second kappa shape index (κ2) is 9.60. The van der Waals surface area contributed by atoms with Crippen LogP contribution in [0.2, 0.25) is 5.02 Å². The molecule has 2 aromatic carbocycles. The van der Waals surface area contributed by atoms with Crippen molar-refractivity contribution < 1.29 is 22.8 Å². The van der Waals surface area contributed by atoms with Crippen molar-refractivity contribution in [1.82, 2.24) is 9.91 Å². The minimum atomic E-state index is -4.49. The van der Waals surface area contributed by atoms with E-state index in [1.165, 1.54) is 23.4 Å². The average Bonchev–Trinajstić information content (AvgIpc) is 3.48. The number of carbonyl (C=O) groups is 2. The first-order chi connectivity index (χ1) is 16.1. The molecule has 2 heterocycles. The van der Waals surface area contributed by atoms with Gasteiger partial charge in [0.15, 0.2) is 0 Å². The number of hydrazone groups is 1. The first-order valence-corrected chi connectivity index (χ1v) is 11.5. The molecule has 0 bridgehead atoms. The highest BCUT2D eigenvalue weighted by atomic mass is 35.5. The van der Waals surface area contributed by atoms with Gasteiger partial charge < -0.3 is 4.90 Å². The number of hydrogen-bond donors (Lipinski definition) is 0. The van der Waals surface area contributed by atoms with E-state index in [4.69, 9.17) is 11.6 Å². The number of likely N-dealkylation sites (N-methyl/N-ethyl adjacent to an activating group) is 1. The molecule has 1 atom stereocenters. The van der Waals surface area contributed by atoms with Crippen LogP contribution in [0.15, 0.2) is 71.1 Å². The third kappa shape index (κ3) is 5.00. The summed E-state index contributed by atoms with van der Waals surface area (Å²) < 4.78 is 38.4. The molecule has 5 nitrogen and oxygen atoms in total. The lowest BCUT2D eigenvalue weighted by Crippen LogP contribution is -2.39. The topological polar surface area (TPSA) is 53.0 Å². The number of rotatable bonds is 5. The fraction of sp³-hybridized carbons (Fsp3) is 0.208. The molecule has 0 fully saturated rings. The number of benzene rings is 2. The predicted molar refractivity (Wildman–Crippen MR) is 125 cm³/mol. The first-order valence-electron chi connectivity index (χ1n) is 10.3. The molecule has 1 aromatic heterocycles. The summed E-state index contributed by atoms with van der Waals surface area (Å²) in [5.41, 5.74) is 0.683. The Morgan fingerprint density at radius 1 is 1.12 bits per heavy atom. The number of thiophene rings is 1. The second-order valence-electron chi connectivity index (χ2n) is 7.74. The highest BCUT2D eigenvalue weighted by Gasteiger charge is 2.35. The molecule has 176 valence electrons. The highest BCUT2D eigenvalue weighted by molar-refractivity contribution is 7.12. The number of hydrogen-bond acceptors (Lipinski definition) is 4. The maximum absolute atomic E-state index is 13.2. The van der Waals surface area contributed by atoms with Crippen LogP contribution in [-0.4, -0.2) is 41.0 Å². The van der Waals surface area contributed by atoms with Gasteiger partial charge in [0.2, 0.25) is 0 Å². The number of halogens is 4. The highest BCUT2D eigenvalue weighted by Crippen LogP contribution is 2.37. The summed E-state index contributed by atoms with van der Waals surface area (Å²) in [5.74, 6) is -1.00. The van der Waals surface area contributed by atoms with Crippen molar-refractivity contribution in [3.8, 4) is 0 Å². The number of amides is 2. The summed E-state index contributed by atoms with van der Waals surface area (Å²) in [5, 5.41) is 8.30. The van der Waals surface area contributed by atoms with E-state index in [0.717, 1.165) is 45.3 Å². The minimum Gasteiger partial charge on any atom is -0.332 e. The van der Waals surface area contributed by atoms with Gasteiger partial charge in [-0.2, -0.15) is 18.3 Å². The Morgan fingerprint density at radius 2 is 1.82 bits per heavy atom. The van der Waals surface area contributed by atoms with Gasteiger partial charge in [0, 0.05) is 24.1 Å². The SMILES string of the molecule is CN(CC(=O)N1N=C(c2cccs2)CC1c1ccccc1Cl)C(=O)c1ccc(C(F)(F)F)cc1. The van der Waals surface area contributed by atoms with Gasteiger partial charge in [-0.25, -0.2) is 5.01 Å². The van der Waals surface area contributed by atoms with Crippen LogP contribution >= 0.6 is 22.9 Å². The van der Waals surface area contributed by atoms with Gasteiger partial charge in [0.25, 0.3) is 11.8 Å². The quantitative estimate of drug-likeness (QED) is 0.435. The van der Waals surface area contributed by atoms with Crippen molar-refractivity contribution in [3.05, 3.63) is 92.6 Å². The maximum Gasteiger partial charge on any atom is 0.416 e. The van der Waals surface area contributed by atoms with Crippen molar-refractivity contribution >= 4 is 40.5 Å². The Balaban J connectivity index is 1.54. The molecule has 0 aliphatic carbocycles. The molecule has 1 unspecified atom stereocenters. The Bertz CT molecular complexity index is 1230. The van der Waals surface area contributed by atoms with Crippen LogP contribution in [0, 0.1) is 0 Å². The Hall–Kier alpha value is -3.17. The van der Waals surface area contributed by atoms with Gasteiger partial charge in [-0.1, -0.05) is 35.9 Å². The summed E-state index contributed by atoms with van der Waals surface area (Å²) in [7, 11) is 1.42. The molecule has 0 spiro atoms. The van der Waals surface area contributed by atoms with Crippen LogP contribution in [0.3, 0.4) is 0 Å². The van der Waals surface area contributed by atoms with Gasteiger partial charge in [0.1, 0.15) is 6.54 Å². The van der Waals surface area contributed by atoms with Gasteiger partial charge in [-0.3, -0.25) is 9.59 Å². The Labute approximate surface area is 203 Å². The molecule has 4 rings (SSSR count). The second-order valence-corrected chi connectivity index (χ2v) is 9.09. The van der Waals surface area contributed by atoms with Crippen LogP contribution in [0.5, 0.6) is 0 Å². The van der Waals surface area contributed by atoms with Crippen LogP contribution in [-0.2, 0) is 11.0 Å². The standard InChI is InChI=1S/C24H19ClF3N3O2S/c1-30(23(33)15-8-10-16(11-9-15)24(26,27)28)14-22(32)31-20(17-5-2-3-6-18(17)25)13-19(29-31)21-7-4-12-34-21/h2-12,20H,13-14H2,1H3. The van der Waals surface area contributed by atoms with Crippen LogP contribution < -0.4 is 0 Å². The molecular formula is C24H19ClF3N3O2S. The monoisotopic (exact) mass is 505 g/mol. The van der Waals surface area contributed by atoms with E-state index in [2.05, 4.69) is 5.10 Å². The normalized spacial score (nSPS) is 15.9. The van der Waals surface area contributed by atoms with Crippen LogP contribution in [0.25, 0.3) is 0 Å². The first kappa shape index (κ1) is 24.0. The summed E-state index contributed by atoms with van der Waals surface area (Å²) >= 11 is 7.90. The molecule has 3 aromatic rings. The molecule has 1 aliphatic rings. The van der Waals surface area contributed by atoms with E-state index in [9.17, 15) is 22.8 Å². The third-order valence-electron chi connectivity index (χ3n) is 5.41. The van der Waals surface area contributed by atoms with Crippen molar-refractivity contribution in [2.75, 3.05) is 13.6 Å². The number of nitrogens with zero attached hydrogens (tertiary/aromatic N) is 3. The minimum absolute atomic E-state index is 0.0511. The van der Waals surface area contributed by atoms with Gasteiger partial charge in [-0.05, 0) is 47.3 Å². The molecule has 2 amide bonds. The molecule has 0 radical (unpaired) electrons. The summed E-state index contributed by atoms with van der Waals surface area (Å²) in [6.45, 7) is -0.304. The predicted octanol–water partition coefficient (Wildman–Crippen LogP) is 5.87. The van der Waals surface area contributed by atoms with Crippen molar-refractivity contribution in [3.63, 3.8) is 0 Å². The molecule has 1 aliphatic heterocycles. The van der Waals surface area contributed by atoms with Gasteiger partial charge >= 0.3 is 6.18 Å². The average molecular weight is 506 g/mol. The summed E-state index contributed by atoms with van der Waals surface area (Å²) in [6.07, 6.45) is -4.03. The number of alkyl halides is 3. The zero-order valence-corrected chi connectivity index (χ0v) is 19.5. The van der Waals surface area contributed by atoms with E-state index in [-0.39, 0.29) is 12.1 Å². The molecule has 0 saturated carbocycles. The van der Waals surface area contributed by atoms with Gasteiger partial charge in [0.05, 0.1) is 22.2 Å². The fourth-order valence-electron chi connectivity index (χ4n) is 3.69. The summed E-state index contributed by atoms with van der Waals surface area (Å²) in [6, 6.07) is 14.5. The Morgan fingerprint density at radius 3 is 2.44 bits per heavy atom. The zero-order chi connectivity index (χ0) is 24.5. The molecule has 34 heavy (non-hydrogen) atoms. The Kier molecular flexibility index (Phi) is 6.77. The fourth-order valence-corrected chi connectivity index (χ4v) is 4.67. The lowest BCUT2D eigenvalue weighted by Gasteiger charge is -2.25. The lowest BCUT2D eigenvalue weighted by molar-refractivity contribution is -0.137. The summed E-state index contributed by atoms with van der Waals surface area (Å²) in [4.78, 5) is 28.0. The van der Waals surface area contributed by atoms with E-state index < -0.39 is 29.6 Å². The van der Waals surface area contributed by atoms with Crippen molar-refractivity contribution in [2.24, 2.45) is 5.10 Å². The van der Waals surface area contributed by atoms with Crippen molar-refractivity contribution in [1.29, 1.82) is 0 Å². The largest absolute Gasteiger partial charge is 0.416 e. The van der Waals surface area contributed by atoms with E-state index in [1.54, 1.807) is 12.1 Å². The van der Waals surface area contributed by atoms with E-state index in [0.29, 0.717) is 11.4 Å². The smallest absolute Gasteiger partial charge is 0.332 e. The maximum atomic E-state index is 13.2. The molecule has 10 heteroatoms.